The van der Waals surface area contributed by atoms with E-state index in [1.807, 2.05) is 30.5 Å². The summed E-state index contributed by atoms with van der Waals surface area (Å²) in [6, 6.07) is 12.3. The van der Waals surface area contributed by atoms with E-state index in [2.05, 4.69) is 4.98 Å². The van der Waals surface area contributed by atoms with Crippen molar-refractivity contribution in [1.29, 1.82) is 0 Å². The molecule has 0 atom stereocenters. The molecule has 1 saturated heterocycles. The minimum absolute atomic E-state index is 0.177. The van der Waals surface area contributed by atoms with Gasteiger partial charge in [0.05, 0.1) is 35.6 Å². The smallest absolute Gasteiger partial charge is 0.311 e. The Morgan fingerprint density at radius 2 is 1.84 bits per heavy atom. The first kappa shape index (κ1) is 22.4. The zero-order valence-corrected chi connectivity index (χ0v) is 19.1. The number of hydrogen-bond acceptors (Lipinski definition) is 6. The van der Waals surface area contributed by atoms with Crippen molar-refractivity contribution in [3.63, 3.8) is 0 Å². The molecule has 1 aliphatic rings. The number of aromatic nitrogens is 2. The Labute approximate surface area is 187 Å². The molecule has 2 aromatic carbocycles. The highest BCUT2D eigenvalue weighted by atomic mass is 32.2. The second kappa shape index (κ2) is 9.40. The third-order valence-corrected chi connectivity index (χ3v) is 7.42. The molecule has 2 heterocycles. The molecule has 170 valence electrons. The Kier molecular flexibility index (Phi) is 6.59. The van der Waals surface area contributed by atoms with Gasteiger partial charge in [-0.3, -0.25) is 4.79 Å². The molecule has 0 spiro atoms. The average molecular weight is 458 g/mol. The zero-order chi connectivity index (χ0) is 22.7. The minimum Gasteiger partial charge on any atom is -0.427 e. The molecule has 0 aliphatic carbocycles. The van der Waals surface area contributed by atoms with E-state index in [4.69, 9.17) is 9.47 Å². The first-order valence-corrected chi connectivity index (χ1v) is 12.2. The molecule has 0 bridgehead atoms. The van der Waals surface area contributed by atoms with Crippen LogP contribution in [0.3, 0.4) is 0 Å². The molecular weight excluding hydrogens is 430 g/mol. The number of morpholine rings is 1. The predicted octanol–water partition coefficient (Wildman–Crippen LogP) is 2.92. The number of fused-ring (bicyclic) bond motifs is 1. The molecule has 1 fully saturated rings. The topological polar surface area (TPSA) is 90.7 Å². The van der Waals surface area contributed by atoms with Crippen LogP contribution < -0.4 is 4.74 Å². The molecule has 0 unspecified atom stereocenters. The van der Waals surface area contributed by atoms with Crippen LogP contribution in [0.25, 0.3) is 11.0 Å². The highest BCUT2D eigenvalue weighted by Gasteiger charge is 2.27. The summed E-state index contributed by atoms with van der Waals surface area (Å²) < 4.78 is 40.1. The van der Waals surface area contributed by atoms with Crippen molar-refractivity contribution >= 4 is 27.0 Å². The lowest BCUT2D eigenvalue weighted by Crippen LogP contribution is -2.40. The molecule has 1 aliphatic heterocycles. The zero-order valence-electron chi connectivity index (χ0n) is 18.3. The lowest BCUT2D eigenvalue weighted by atomic mass is 10.2. The fourth-order valence-electron chi connectivity index (χ4n) is 3.80. The van der Waals surface area contributed by atoms with E-state index in [-0.39, 0.29) is 17.3 Å². The molecule has 4 rings (SSSR count). The summed E-state index contributed by atoms with van der Waals surface area (Å²) in [5, 5.41) is 0. The lowest BCUT2D eigenvalue weighted by Gasteiger charge is -2.26. The second-order valence-corrected chi connectivity index (χ2v) is 9.66. The van der Waals surface area contributed by atoms with Crippen LogP contribution in [0, 0.1) is 6.92 Å². The Morgan fingerprint density at radius 1 is 1.12 bits per heavy atom. The van der Waals surface area contributed by atoms with Gasteiger partial charge in [-0.25, -0.2) is 13.4 Å². The Morgan fingerprint density at radius 3 is 2.53 bits per heavy atom. The lowest BCUT2D eigenvalue weighted by molar-refractivity contribution is -0.134. The maximum absolute atomic E-state index is 13.0. The van der Waals surface area contributed by atoms with Gasteiger partial charge in [-0.05, 0) is 44.2 Å². The molecule has 3 aromatic rings. The molecule has 0 saturated carbocycles. The van der Waals surface area contributed by atoms with E-state index in [1.54, 1.807) is 30.3 Å². The second-order valence-electron chi connectivity index (χ2n) is 7.73. The van der Waals surface area contributed by atoms with Gasteiger partial charge in [0.2, 0.25) is 10.0 Å². The number of benzene rings is 2. The van der Waals surface area contributed by atoms with Crippen molar-refractivity contribution in [2.24, 2.45) is 0 Å². The van der Waals surface area contributed by atoms with E-state index < -0.39 is 10.0 Å². The summed E-state index contributed by atoms with van der Waals surface area (Å²) in [4.78, 5) is 17.2. The highest BCUT2D eigenvalue weighted by Crippen LogP contribution is 2.24. The fourth-order valence-corrected chi connectivity index (χ4v) is 5.23. The number of ether oxygens (including phenoxy) is 2. The summed E-state index contributed by atoms with van der Waals surface area (Å²) in [5.74, 6) is 0.908. The van der Waals surface area contributed by atoms with E-state index in [0.717, 1.165) is 16.9 Å². The Hall–Kier alpha value is -2.75. The first-order chi connectivity index (χ1) is 15.4. The van der Waals surface area contributed by atoms with Crippen LogP contribution in [0.4, 0.5) is 0 Å². The Bertz CT molecular complexity index is 1210. The molecule has 0 N–H and O–H groups in total. The number of sulfonamides is 1. The van der Waals surface area contributed by atoms with Crippen LogP contribution >= 0.6 is 0 Å². The number of imidazole rings is 1. The monoisotopic (exact) mass is 457 g/mol. The van der Waals surface area contributed by atoms with Crippen molar-refractivity contribution < 1.29 is 22.7 Å². The normalized spacial score (nSPS) is 15.2. The summed E-state index contributed by atoms with van der Waals surface area (Å²) in [6.45, 7) is 6.11. The summed E-state index contributed by atoms with van der Waals surface area (Å²) in [7, 11) is -3.60. The third kappa shape index (κ3) is 4.69. The fraction of sp³-hybridized carbons (Fsp3) is 0.391. The van der Waals surface area contributed by atoms with E-state index >= 15 is 0 Å². The van der Waals surface area contributed by atoms with Gasteiger partial charge >= 0.3 is 5.97 Å². The van der Waals surface area contributed by atoms with Crippen LogP contribution in [0.15, 0.2) is 47.4 Å². The largest absolute Gasteiger partial charge is 0.427 e. The maximum atomic E-state index is 13.0. The number of hydrogen-bond donors (Lipinski definition) is 0. The SMILES string of the molecule is CCn1c(CCC(=O)Oc2ccc(C)cc2)nc2cc(S(=O)(=O)N3CCOCC3)ccc21. The molecule has 8 nitrogen and oxygen atoms in total. The van der Waals surface area contributed by atoms with Gasteiger partial charge in [-0.2, -0.15) is 4.31 Å². The number of aryl methyl sites for hydroxylation is 3. The molecule has 0 amide bonds. The first-order valence-electron chi connectivity index (χ1n) is 10.7. The van der Waals surface area contributed by atoms with E-state index in [1.165, 1.54) is 4.31 Å². The van der Waals surface area contributed by atoms with Gasteiger partial charge in [-0.1, -0.05) is 17.7 Å². The van der Waals surface area contributed by atoms with Crippen molar-refractivity contribution in [3.8, 4) is 5.75 Å². The molecule has 9 heteroatoms. The predicted molar refractivity (Wildman–Crippen MR) is 120 cm³/mol. The van der Waals surface area contributed by atoms with Crippen molar-refractivity contribution in [2.45, 2.75) is 38.1 Å². The van der Waals surface area contributed by atoms with Crippen LogP contribution in [0.2, 0.25) is 0 Å². The maximum Gasteiger partial charge on any atom is 0.311 e. The Balaban J connectivity index is 1.52. The summed E-state index contributed by atoms with van der Waals surface area (Å²) in [6.07, 6.45) is 0.578. The van der Waals surface area contributed by atoms with Gasteiger partial charge in [0.1, 0.15) is 11.6 Å². The molecule has 0 radical (unpaired) electrons. The molecular formula is C23H27N3O5S. The van der Waals surface area contributed by atoms with Crippen molar-refractivity contribution in [2.75, 3.05) is 26.3 Å². The van der Waals surface area contributed by atoms with Gasteiger partial charge in [0.25, 0.3) is 0 Å². The van der Waals surface area contributed by atoms with Gasteiger partial charge in [0, 0.05) is 26.1 Å². The molecule has 1 aromatic heterocycles. The van der Waals surface area contributed by atoms with E-state index in [0.29, 0.717) is 50.5 Å². The minimum atomic E-state index is -3.60. The number of esters is 1. The molecule has 32 heavy (non-hydrogen) atoms. The van der Waals surface area contributed by atoms with Crippen LogP contribution in [-0.2, 0) is 32.5 Å². The van der Waals surface area contributed by atoms with Gasteiger partial charge in [0.15, 0.2) is 0 Å². The van der Waals surface area contributed by atoms with Crippen molar-refractivity contribution in [3.05, 3.63) is 53.9 Å². The van der Waals surface area contributed by atoms with Crippen LogP contribution in [0.1, 0.15) is 24.7 Å². The number of carbonyl (C=O) groups excluding carboxylic acids is 1. The highest BCUT2D eigenvalue weighted by molar-refractivity contribution is 7.89. The summed E-state index contributed by atoms with van der Waals surface area (Å²) in [5.41, 5.74) is 2.54. The van der Waals surface area contributed by atoms with Crippen LogP contribution in [0.5, 0.6) is 5.75 Å². The van der Waals surface area contributed by atoms with Crippen molar-refractivity contribution in [1.82, 2.24) is 13.9 Å². The average Bonchev–Trinajstić information content (AvgIpc) is 3.16. The van der Waals surface area contributed by atoms with E-state index in [9.17, 15) is 13.2 Å². The standard InChI is InChI=1S/C23H27N3O5S/c1-3-26-21-9-8-19(32(28,29)25-12-14-30-15-13-25)16-20(21)24-22(26)10-11-23(27)31-18-6-4-17(2)5-7-18/h4-9,16H,3,10-15H2,1-2H3. The van der Waals surface area contributed by atoms with Gasteiger partial charge in [-0.15, -0.1) is 0 Å². The van der Waals surface area contributed by atoms with Crippen LogP contribution in [-0.4, -0.2) is 54.5 Å². The quantitative estimate of drug-likeness (QED) is 0.400. The third-order valence-electron chi connectivity index (χ3n) is 5.53. The van der Waals surface area contributed by atoms with Gasteiger partial charge < -0.3 is 14.0 Å². The number of nitrogens with zero attached hydrogens (tertiary/aromatic N) is 3. The number of carbonyl (C=O) groups is 1. The number of rotatable bonds is 7. The summed E-state index contributed by atoms with van der Waals surface area (Å²) >= 11 is 0.